The fraction of sp³-hybridized carbons (Fsp3) is 0.0588. The lowest BCUT2D eigenvalue weighted by molar-refractivity contribution is -0.137. The van der Waals surface area contributed by atoms with Crippen LogP contribution in [-0.4, -0.2) is 20.2 Å². The van der Waals surface area contributed by atoms with Crippen molar-refractivity contribution in [3.8, 4) is 22.8 Å². The van der Waals surface area contributed by atoms with Gasteiger partial charge in [0, 0.05) is 5.56 Å². The lowest BCUT2D eigenvalue weighted by Crippen LogP contribution is -2.04. The van der Waals surface area contributed by atoms with Crippen LogP contribution < -0.4 is 0 Å². The van der Waals surface area contributed by atoms with Gasteiger partial charge in [-0.1, -0.05) is 30.3 Å². The summed E-state index contributed by atoms with van der Waals surface area (Å²) in [6, 6.07) is 14.8. The van der Waals surface area contributed by atoms with Gasteiger partial charge in [0.2, 0.25) is 0 Å². The van der Waals surface area contributed by atoms with E-state index in [9.17, 15) is 13.2 Å². The molecule has 2 N–H and O–H groups in total. The number of nitrogens with one attached hydrogen (secondary N) is 2. The van der Waals surface area contributed by atoms with Crippen LogP contribution in [0.1, 0.15) is 5.56 Å². The molecule has 24 heavy (non-hydrogen) atoms. The summed E-state index contributed by atoms with van der Waals surface area (Å²) in [6.07, 6.45) is -4.38. The number of hydrogen-bond acceptors (Lipinski definition) is 2. The average Bonchev–Trinajstić information content (AvgIpc) is 3.21. The summed E-state index contributed by atoms with van der Waals surface area (Å²) in [5.74, 6) is 0.444. The summed E-state index contributed by atoms with van der Waals surface area (Å²) in [7, 11) is 0. The monoisotopic (exact) mass is 328 g/mol. The zero-order valence-electron chi connectivity index (χ0n) is 12.2. The molecule has 7 heteroatoms. The first-order valence-electron chi connectivity index (χ1n) is 7.19. The van der Waals surface area contributed by atoms with Gasteiger partial charge in [0.05, 0.1) is 22.3 Å². The third-order valence-corrected chi connectivity index (χ3v) is 3.71. The molecular weight excluding hydrogens is 317 g/mol. The Morgan fingerprint density at radius 3 is 2.46 bits per heavy atom. The standard InChI is InChI=1S/C17H11F3N4/c18-17(19,20)11-6-7-12-14(8-11)22-16(21-12)15-9-13(23-24-15)10-4-2-1-3-5-10/h1-9H,(H,21,22)(H,23,24). The Kier molecular flexibility index (Phi) is 3.16. The van der Waals surface area contributed by atoms with Crippen LogP contribution in [0.3, 0.4) is 0 Å². The smallest absolute Gasteiger partial charge is 0.337 e. The van der Waals surface area contributed by atoms with Gasteiger partial charge in [-0.2, -0.15) is 18.3 Å². The third-order valence-electron chi connectivity index (χ3n) is 3.71. The highest BCUT2D eigenvalue weighted by Crippen LogP contribution is 2.31. The molecule has 4 nitrogen and oxygen atoms in total. The molecule has 120 valence electrons. The van der Waals surface area contributed by atoms with E-state index >= 15 is 0 Å². The predicted molar refractivity (Wildman–Crippen MR) is 84.1 cm³/mol. The van der Waals surface area contributed by atoms with E-state index in [1.54, 1.807) is 6.07 Å². The third kappa shape index (κ3) is 2.54. The largest absolute Gasteiger partial charge is 0.416 e. The number of benzene rings is 2. The highest BCUT2D eigenvalue weighted by atomic mass is 19.4. The predicted octanol–water partition coefficient (Wildman–Crippen LogP) is 4.64. The molecule has 0 radical (unpaired) electrons. The molecule has 0 spiro atoms. The van der Waals surface area contributed by atoms with Crippen LogP contribution in [0.25, 0.3) is 33.8 Å². The maximum absolute atomic E-state index is 12.8. The van der Waals surface area contributed by atoms with Gasteiger partial charge in [-0.25, -0.2) is 4.98 Å². The lowest BCUT2D eigenvalue weighted by Gasteiger charge is -2.05. The molecule has 4 rings (SSSR count). The van der Waals surface area contributed by atoms with Crippen molar-refractivity contribution in [1.29, 1.82) is 0 Å². The van der Waals surface area contributed by atoms with E-state index in [-0.39, 0.29) is 0 Å². The number of imidazole rings is 1. The minimum absolute atomic E-state index is 0.329. The highest BCUT2D eigenvalue weighted by molar-refractivity contribution is 5.80. The van der Waals surface area contributed by atoms with Gasteiger partial charge in [0.1, 0.15) is 5.69 Å². The van der Waals surface area contributed by atoms with Crippen LogP contribution in [0.5, 0.6) is 0 Å². The molecule has 0 saturated heterocycles. The molecule has 0 fully saturated rings. The van der Waals surface area contributed by atoms with Crippen LogP contribution in [0.4, 0.5) is 13.2 Å². The molecule has 0 amide bonds. The normalized spacial score (nSPS) is 12.0. The van der Waals surface area contributed by atoms with E-state index in [0.29, 0.717) is 22.6 Å². The number of H-pyrrole nitrogens is 2. The van der Waals surface area contributed by atoms with Gasteiger partial charge in [0.15, 0.2) is 5.82 Å². The van der Waals surface area contributed by atoms with Crippen molar-refractivity contribution < 1.29 is 13.2 Å². The molecule has 0 aliphatic rings. The minimum atomic E-state index is -4.38. The molecule has 0 atom stereocenters. The van der Waals surface area contributed by atoms with E-state index in [1.807, 2.05) is 30.3 Å². The second-order valence-electron chi connectivity index (χ2n) is 5.35. The van der Waals surface area contributed by atoms with Crippen molar-refractivity contribution in [2.45, 2.75) is 6.18 Å². The summed E-state index contributed by atoms with van der Waals surface area (Å²) in [5.41, 5.74) is 2.38. The maximum Gasteiger partial charge on any atom is 0.416 e. The highest BCUT2D eigenvalue weighted by Gasteiger charge is 2.30. The maximum atomic E-state index is 12.8. The molecule has 2 heterocycles. The topological polar surface area (TPSA) is 57.4 Å². The lowest BCUT2D eigenvalue weighted by atomic mass is 10.1. The Morgan fingerprint density at radius 2 is 1.71 bits per heavy atom. The first-order valence-corrected chi connectivity index (χ1v) is 7.19. The Labute approximate surface area is 134 Å². The number of hydrogen-bond donors (Lipinski definition) is 2. The van der Waals surface area contributed by atoms with Gasteiger partial charge in [-0.3, -0.25) is 5.10 Å². The number of rotatable bonds is 2. The Morgan fingerprint density at radius 1 is 0.917 bits per heavy atom. The fourth-order valence-electron chi connectivity index (χ4n) is 2.51. The molecule has 0 saturated carbocycles. The number of fused-ring (bicyclic) bond motifs is 1. The minimum Gasteiger partial charge on any atom is -0.337 e. The number of aromatic amines is 2. The van der Waals surface area contributed by atoms with Gasteiger partial charge in [0.25, 0.3) is 0 Å². The fourth-order valence-corrected chi connectivity index (χ4v) is 2.51. The molecular formula is C17H11F3N4. The summed E-state index contributed by atoms with van der Waals surface area (Å²) in [6.45, 7) is 0. The van der Waals surface area contributed by atoms with Crippen molar-refractivity contribution >= 4 is 11.0 Å². The Balaban J connectivity index is 1.73. The summed E-state index contributed by atoms with van der Waals surface area (Å²) >= 11 is 0. The SMILES string of the molecule is FC(F)(F)c1ccc2nc(-c3cc(-c4ccccc4)n[nH]3)[nH]c2c1. The second kappa shape index (κ2) is 5.23. The van der Waals surface area contributed by atoms with E-state index in [2.05, 4.69) is 20.2 Å². The van der Waals surface area contributed by atoms with Crippen molar-refractivity contribution in [2.24, 2.45) is 0 Å². The quantitative estimate of drug-likeness (QED) is 0.563. The van der Waals surface area contributed by atoms with Crippen molar-refractivity contribution in [3.05, 3.63) is 60.2 Å². The number of nitrogens with zero attached hydrogens (tertiary/aromatic N) is 2. The molecule has 4 aromatic rings. The Hall–Kier alpha value is -3.09. The van der Waals surface area contributed by atoms with Crippen LogP contribution in [0, 0.1) is 0 Å². The van der Waals surface area contributed by atoms with Crippen LogP contribution in [-0.2, 0) is 6.18 Å². The zero-order valence-corrected chi connectivity index (χ0v) is 12.2. The second-order valence-corrected chi connectivity index (χ2v) is 5.35. The zero-order chi connectivity index (χ0) is 16.7. The average molecular weight is 328 g/mol. The first-order chi connectivity index (χ1) is 11.5. The van der Waals surface area contributed by atoms with E-state index in [4.69, 9.17) is 0 Å². The van der Waals surface area contributed by atoms with E-state index in [0.717, 1.165) is 23.4 Å². The molecule has 2 aromatic carbocycles. The van der Waals surface area contributed by atoms with Gasteiger partial charge >= 0.3 is 6.18 Å². The molecule has 0 bridgehead atoms. The molecule has 0 unspecified atom stereocenters. The summed E-state index contributed by atoms with van der Waals surface area (Å²) in [5, 5.41) is 7.09. The van der Waals surface area contributed by atoms with Gasteiger partial charge in [-0.15, -0.1) is 0 Å². The molecule has 0 aliphatic carbocycles. The summed E-state index contributed by atoms with van der Waals surface area (Å²) < 4.78 is 38.4. The van der Waals surface area contributed by atoms with Crippen LogP contribution in [0.15, 0.2) is 54.6 Å². The van der Waals surface area contributed by atoms with E-state index < -0.39 is 11.7 Å². The number of alkyl halides is 3. The first kappa shape index (κ1) is 14.5. The van der Waals surface area contributed by atoms with Crippen molar-refractivity contribution in [3.63, 3.8) is 0 Å². The van der Waals surface area contributed by atoms with Crippen LogP contribution in [0.2, 0.25) is 0 Å². The Bertz CT molecular complexity index is 1000. The van der Waals surface area contributed by atoms with Gasteiger partial charge < -0.3 is 4.98 Å². The van der Waals surface area contributed by atoms with Crippen molar-refractivity contribution in [2.75, 3.05) is 0 Å². The van der Waals surface area contributed by atoms with Crippen LogP contribution >= 0.6 is 0 Å². The number of aromatic nitrogens is 4. The van der Waals surface area contributed by atoms with Gasteiger partial charge in [-0.05, 0) is 24.3 Å². The van der Waals surface area contributed by atoms with Crippen molar-refractivity contribution in [1.82, 2.24) is 20.2 Å². The molecule has 2 aromatic heterocycles. The molecule has 0 aliphatic heterocycles. The number of halogens is 3. The summed E-state index contributed by atoms with van der Waals surface area (Å²) in [4.78, 5) is 7.23. The van der Waals surface area contributed by atoms with E-state index in [1.165, 1.54) is 6.07 Å².